The maximum Gasteiger partial charge on any atom is 0.435 e. The van der Waals surface area contributed by atoms with Gasteiger partial charge in [-0.2, -0.15) is 18.3 Å². The molecule has 102 valence electrons. The van der Waals surface area contributed by atoms with E-state index in [9.17, 15) is 13.2 Å². The summed E-state index contributed by atoms with van der Waals surface area (Å²) in [4.78, 5) is 0. The molecule has 0 saturated heterocycles. The van der Waals surface area contributed by atoms with Crippen molar-refractivity contribution in [3.05, 3.63) is 23.5 Å². The highest BCUT2D eigenvalue weighted by Crippen LogP contribution is 2.28. The Bertz CT molecular complexity index is 346. The van der Waals surface area contributed by atoms with Gasteiger partial charge in [-0.1, -0.05) is 39.5 Å². The minimum atomic E-state index is -4.41. The van der Waals surface area contributed by atoms with Gasteiger partial charge in [0.2, 0.25) is 0 Å². The SMILES string of the molecule is CCCCCCC(C)c1ccc(C(F)(F)F)nn1. The van der Waals surface area contributed by atoms with Crippen molar-refractivity contribution in [1.82, 2.24) is 10.2 Å². The second kappa shape index (κ2) is 6.71. The summed E-state index contributed by atoms with van der Waals surface area (Å²) in [7, 11) is 0. The number of hydrogen-bond acceptors (Lipinski definition) is 2. The Morgan fingerprint density at radius 1 is 1.11 bits per heavy atom. The van der Waals surface area contributed by atoms with Crippen molar-refractivity contribution in [2.75, 3.05) is 0 Å². The van der Waals surface area contributed by atoms with Crippen LogP contribution >= 0.6 is 0 Å². The summed E-state index contributed by atoms with van der Waals surface area (Å²) >= 11 is 0. The summed E-state index contributed by atoms with van der Waals surface area (Å²) in [6.07, 6.45) is 1.16. The summed E-state index contributed by atoms with van der Waals surface area (Å²) < 4.78 is 36.9. The normalized spacial score (nSPS) is 13.6. The highest BCUT2D eigenvalue weighted by molar-refractivity contribution is 5.12. The number of aromatic nitrogens is 2. The maximum atomic E-state index is 12.3. The first-order valence-electron chi connectivity index (χ1n) is 6.36. The van der Waals surface area contributed by atoms with Crippen molar-refractivity contribution in [3.8, 4) is 0 Å². The molecule has 5 heteroatoms. The van der Waals surface area contributed by atoms with E-state index in [1.54, 1.807) is 0 Å². The van der Waals surface area contributed by atoms with Gasteiger partial charge in [0, 0.05) is 5.92 Å². The van der Waals surface area contributed by atoms with Crippen LogP contribution in [-0.2, 0) is 6.18 Å². The lowest BCUT2D eigenvalue weighted by Gasteiger charge is -2.11. The van der Waals surface area contributed by atoms with E-state index in [0.29, 0.717) is 5.69 Å². The molecule has 1 aromatic heterocycles. The Hall–Kier alpha value is -1.13. The highest BCUT2D eigenvalue weighted by Gasteiger charge is 2.32. The zero-order valence-electron chi connectivity index (χ0n) is 10.8. The summed E-state index contributed by atoms with van der Waals surface area (Å²) in [5, 5.41) is 6.91. The molecule has 2 nitrogen and oxygen atoms in total. The summed E-state index contributed by atoms with van der Waals surface area (Å²) in [5.41, 5.74) is -0.288. The van der Waals surface area contributed by atoms with Crippen LogP contribution < -0.4 is 0 Å². The average molecular weight is 260 g/mol. The van der Waals surface area contributed by atoms with E-state index in [0.717, 1.165) is 25.3 Å². The molecule has 1 aromatic rings. The molecule has 0 N–H and O–H groups in total. The molecule has 0 bridgehead atoms. The van der Waals surface area contributed by atoms with E-state index in [-0.39, 0.29) is 5.92 Å². The second-order valence-corrected chi connectivity index (χ2v) is 4.59. The van der Waals surface area contributed by atoms with Crippen LogP contribution in [0.1, 0.15) is 63.3 Å². The van der Waals surface area contributed by atoms with Crippen LogP contribution in [0.3, 0.4) is 0 Å². The molecule has 0 fully saturated rings. The van der Waals surface area contributed by atoms with Gasteiger partial charge in [0.25, 0.3) is 0 Å². The quantitative estimate of drug-likeness (QED) is 0.700. The molecule has 0 aromatic carbocycles. The van der Waals surface area contributed by atoms with Crippen LogP contribution in [-0.4, -0.2) is 10.2 Å². The molecule has 18 heavy (non-hydrogen) atoms. The molecule has 1 heterocycles. The Kier molecular flexibility index (Phi) is 5.56. The molecule has 0 spiro atoms. The second-order valence-electron chi connectivity index (χ2n) is 4.59. The van der Waals surface area contributed by atoms with Gasteiger partial charge in [0.1, 0.15) is 0 Å². The molecule has 1 unspecified atom stereocenters. The summed E-state index contributed by atoms with van der Waals surface area (Å²) in [5.74, 6) is 0.164. The van der Waals surface area contributed by atoms with E-state index >= 15 is 0 Å². The number of unbranched alkanes of at least 4 members (excludes halogenated alkanes) is 3. The molecule has 0 aliphatic carbocycles. The van der Waals surface area contributed by atoms with Gasteiger partial charge in [-0.05, 0) is 18.6 Å². The first-order chi connectivity index (χ1) is 8.45. The van der Waals surface area contributed by atoms with Gasteiger partial charge < -0.3 is 0 Å². The van der Waals surface area contributed by atoms with Crippen LogP contribution in [0.4, 0.5) is 13.2 Å². The number of nitrogens with zero attached hydrogens (tertiary/aromatic N) is 2. The Morgan fingerprint density at radius 3 is 2.33 bits per heavy atom. The van der Waals surface area contributed by atoms with Gasteiger partial charge in [-0.15, -0.1) is 5.10 Å². The van der Waals surface area contributed by atoms with Crippen molar-refractivity contribution in [3.63, 3.8) is 0 Å². The molecule has 0 radical (unpaired) electrons. The van der Waals surface area contributed by atoms with Crippen LogP contribution in [0.2, 0.25) is 0 Å². The van der Waals surface area contributed by atoms with Crippen LogP contribution in [0.5, 0.6) is 0 Å². The standard InChI is InChI=1S/C13H19F3N2/c1-3-4-5-6-7-10(2)11-8-9-12(18-17-11)13(14,15)16/h8-10H,3-7H2,1-2H3. The van der Waals surface area contributed by atoms with Crippen LogP contribution in [0.25, 0.3) is 0 Å². The first-order valence-corrected chi connectivity index (χ1v) is 6.36. The zero-order chi connectivity index (χ0) is 13.6. The average Bonchev–Trinajstić information content (AvgIpc) is 2.33. The molecule has 0 aliphatic heterocycles. The van der Waals surface area contributed by atoms with Crippen LogP contribution in [0, 0.1) is 0 Å². The third kappa shape index (κ3) is 4.63. The lowest BCUT2D eigenvalue weighted by molar-refractivity contribution is -0.141. The van der Waals surface area contributed by atoms with Crippen molar-refractivity contribution >= 4 is 0 Å². The molecular weight excluding hydrogens is 241 g/mol. The number of halogens is 3. The van der Waals surface area contributed by atoms with Gasteiger partial charge in [-0.3, -0.25) is 0 Å². The third-order valence-corrected chi connectivity index (χ3v) is 2.97. The topological polar surface area (TPSA) is 25.8 Å². The Morgan fingerprint density at radius 2 is 1.83 bits per heavy atom. The summed E-state index contributed by atoms with van der Waals surface area (Å²) in [6, 6.07) is 2.44. The molecule has 1 rings (SSSR count). The van der Waals surface area contributed by atoms with Gasteiger partial charge >= 0.3 is 6.18 Å². The highest BCUT2D eigenvalue weighted by atomic mass is 19.4. The van der Waals surface area contributed by atoms with E-state index in [1.807, 2.05) is 6.92 Å². The fraction of sp³-hybridized carbons (Fsp3) is 0.692. The predicted octanol–water partition coefficient (Wildman–Crippen LogP) is 4.57. The predicted molar refractivity (Wildman–Crippen MR) is 64.2 cm³/mol. The first kappa shape index (κ1) is 14.9. The minimum absolute atomic E-state index is 0.164. The largest absolute Gasteiger partial charge is 0.435 e. The Labute approximate surface area is 106 Å². The number of rotatable bonds is 6. The van der Waals surface area contributed by atoms with Gasteiger partial charge in [0.15, 0.2) is 5.69 Å². The zero-order valence-corrected chi connectivity index (χ0v) is 10.8. The van der Waals surface area contributed by atoms with Crippen molar-refractivity contribution in [1.29, 1.82) is 0 Å². The number of hydrogen-bond donors (Lipinski definition) is 0. The molecule has 0 amide bonds. The monoisotopic (exact) mass is 260 g/mol. The van der Waals surface area contributed by atoms with E-state index < -0.39 is 11.9 Å². The fourth-order valence-corrected chi connectivity index (χ4v) is 1.78. The molecule has 0 saturated carbocycles. The van der Waals surface area contributed by atoms with E-state index in [1.165, 1.54) is 18.9 Å². The summed E-state index contributed by atoms with van der Waals surface area (Å²) in [6.45, 7) is 4.12. The van der Waals surface area contributed by atoms with Crippen molar-refractivity contribution < 1.29 is 13.2 Å². The Balaban J connectivity index is 2.51. The number of alkyl halides is 3. The smallest absolute Gasteiger partial charge is 0.164 e. The maximum absolute atomic E-state index is 12.3. The molecule has 0 aliphatic rings. The van der Waals surface area contributed by atoms with E-state index in [4.69, 9.17) is 0 Å². The van der Waals surface area contributed by atoms with Gasteiger partial charge in [0.05, 0.1) is 5.69 Å². The lowest BCUT2D eigenvalue weighted by Crippen LogP contribution is -2.10. The van der Waals surface area contributed by atoms with Crippen molar-refractivity contribution in [2.24, 2.45) is 0 Å². The molecular formula is C13H19F3N2. The van der Waals surface area contributed by atoms with Crippen molar-refractivity contribution in [2.45, 2.75) is 58.0 Å². The fourth-order valence-electron chi connectivity index (χ4n) is 1.78. The minimum Gasteiger partial charge on any atom is -0.164 e. The van der Waals surface area contributed by atoms with E-state index in [2.05, 4.69) is 17.1 Å². The van der Waals surface area contributed by atoms with Crippen LogP contribution in [0.15, 0.2) is 12.1 Å². The lowest BCUT2D eigenvalue weighted by atomic mass is 9.99. The molecule has 1 atom stereocenters. The van der Waals surface area contributed by atoms with Gasteiger partial charge in [-0.25, -0.2) is 0 Å². The third-order valence-electron chi connectivity index (χ3n) is 2.97.